The van der Waals surface area contributed by atoms with Crippen molar-refractivity contribution < 1.29 is 19.4 Å². The van der Waals surface area contributed by atoms with E-state index in [1.807, 2.05) is 0 Å². The second-order valence-corrected chi connectivity index (χ2v) is 10.5. The first-order chi connectivity index (χ1) is 13.9. The Morgan fingerprint density at radius 1 is 1.21 bits per heavy atom. The predicted molar refractivity (Wildman–Crippen MR) is 107 cm³/mol. The van der Waals surface area contributed by atoms with E-state index in [0.717, 1.165) is 24.4 Å². The summed E-state index contributed by atoms with van der Waals surface area (Å²) in [6.45, 7) is 1.20. The van der Waals surface area contributed by atoms with Crippen molar-refractivity contribution in [2.75, 3.05) is 13.2 Å². The predicted octanol–water partition coefficient (Wildman–Crippen LogP) is 4.23. The molecule has 29 heavy (non-hydrogen) atoms. The molecule has 4 aliphatic carbocycles. The first-order valence-corrected chi connectivity index (χ1v) is 11.3. The summed E-state index contributed by atoms with van der Waals surface area (Å²) in [6.07, 6.45) is 8.10. The van der Waals surface area contributed by atoms with Crippen molar-refractivity contribution in [2.45, 2.75) is 51.0 Å². The Bertz CT molecular complexity index is 918. The van der Waals surface area contributed by atoms with Crippen LogP contribution in [-0.4, -0.2) is 41.1 Å². The third-order valence-electron chi connectivity index (χ3n) is 9.06. The SMILES string of the molecule is O=C(O)[C@@H]1CCCN1C(=O)c1ccc(OCC23CC4CC5CC(C2)C53C4)c(Cl)c1. The molecule has 1 N–H and O–H groups in total. The molecule has 0 radical (unpaired) electrons. The molecular formula is C23H26ClNO4. The fourth-order valence-corrected chi connectivity index (χ4v) is 8.29. The fraction of sp³-hybridized carbons (Fsp3) is 0.652. The van der Waals surface area contributed by atoms with Crippen LogP contribution < -0.4 is 4.74 Å². The molecule has 5 fully saturated rings. The number of carboxylic acid groups (broad SMARTS) is 1. The summed E-state index contributed by atoms with van der Waals surface area (Å²) in [7, 11) is 0. The van der Waals surface area contributed by atoms with Crippen LogP contribution in [0, 0.1) is 28.6 Å². The minimum Gasteiger partial charge on any atom is -0.491 e. The highest BCUT2D eigenvalue weighted by atomic mass is 35.5. The second-order valence-electron chi connectivity index (χ2n) is 10.1. The molecule has 1 aromatic carbocycles. The summed E-state index contributed by atoms with van der Waals surface area (Å²) >= 11 is 6.47. The van der Waals surface area contributed by atoms with Crippen LogP contribution in [0.1, 0.15) is 55.3 Å². The molecule has 5 nitrogen and oxygen atoms in total. The summed E-state index contributed by atoms with van der Waals surface area (Å²) in [5, 5.41) is 9.76. The molecule has 5 unspecified atom stereocenters. The number of hydrogen-bond donors (Lipinski definition) is 1. The summed E-state index contributed by atoms with van der Waals surface area (Å²) in [5.41, 5.74) is 1.35. The number of benzene rings is 1. The second kappa shape index (κ2) is 5.90. The number of nitrogens with zero attached hydrogens (tertiary/aromatic N) is 1. The van der Waals surface area contributed by atoms with Crippen LogP contribution in [0.4, 0.5) is 0 Å². The van der Waals surface area contributed by atoms with E-state index >= 15 is 0 Å². The van der Waals surface area contributed by atoms with Gasteiger partial charge < -0.3 is 14.7 Å². The first-order valence-electron chi connectivity index (χ1n) is 10.9. The molecule has 1 aliphatic heterocycles. The van der Waals surface area contributed by atoms with Crippen molar-refractivity contribution in [2.24, 2.45) is 28.6 Å². The monoisotopic (exact) mass is 415 g/mol. The lowest BCUT2D eigenvalue weighted by atomic mass is 9.32. The molecule has 0 aromatic heterocycles. The van der Waals surface area contributed by atoms with Gasteiger partial charge >= 0.3 is 5.97 Å². The van der Waals surface area contributed by atoms with Crippen LogP contribution in [0.2, 0.25) is 5.02 Å². The van der Waals surface area contributed by atoms with Gasteiger partial charge in [-0.25, -0.2) is 4.79 Å². The van der Waals surface area contributed by atoms with Gasteiger partial charge in [-0.05, 0) is 86.3 Å². The van der Waals surface area contributed by atoms with E-state index in [9.17, 15) is 14.7 Å². The Morgan fingerprint density at radius 2 is 2.07 bits per heavy atom. The average Bonchev–Trinajstić information content (AvgIpc) is 3.35. The molecule has 1 heterocycles. The van der Waals surface area contributed by atoms with E-state index in [1.54, 1.807) is 18.2 Å². The number of ether oxygens (including phenoxy) is 1. The van der Waals surface area contributed by atoms with Crippen molar-refractivity contribution in [3.8, 4) is 5.75 Å². The summed E-state index contributed by atoms with van der Waals surface area (Å²) < 4.78 is 6.23. The van der Waals surface area contributed by atoms with Crippen molar-refractivity contribution in [1.29, 1.82) is 0 Å². The average molecular weight is 416 g/mol. The molecule has 4 saturated carbocycles. The molecular weight excluding hydrogens is 390 g/mol. The van der Waals surface area contributed by atoms with Gasteiger partial charge in [0.2, 0.25) is 0 Å². The number of hydrogen-bond acceptors (Lipinski definition) is 3. The maximum Gasteiger partial charge on any atom is 0.326 e. The Kier molecular flexibility index (Phi) is 3.67. The highest BCUT2D eigenvalue weighted by Gasteiger charge is 2.80. The zero-order valence-electron chi connectivity index (χ0n) is 16.4. The maximum atomic E-state index is 12.8. The van der Waals surface area contributed by atoms with Gasteiger partial charge in [0.05, 0.1) is 11.6 Å². The number of carbonyl (C=O) groups is 2. The Morgan fingerprint density at radius 3 is 2.79 bits per heavy atom. The highest BCUT2D eigenvalue weighted by molar-refractivity contribution is 6.32. The molecule has 1 aromatic rings. The van der Waals surface area contributed by atoms with E-state index in [2.05, 4.69) is 0 Å². The van der Waals surface area contributed by atoms with Gasteiger partial charge in [0.1, 0.15) is 11.8 Å². The number of fused-ring (bicyclic) bond motifs is 1. The molecule has 6 rings (SSSR count). The fourth-order valence-electron chi connectivity index (χ4n) is 8.05. The van der Waals surface area contributed by atoms with Gasteiger partial charge in [0, 0.05) is 17.5 Å². The lowest BCUT2D eigenvalue weighted by molar-refractivity contribution is -0.254. The normalized spacial score (nSPS) is 40.9. The highest BCUT2D eigenvalue weighted by Crippen LogP contribution is 2.86. The van der Waals surface area contributed by atoms with Gasteiger partial charge in [-0.2, -0.15) is 0 Å². The summed E-state index contributed by atoms with van der Waals surface area (Å²) in [5.74, 6) is 2.18. The van der Waals surface area contributed by atoms with E-state index in [1.165, 1.54) is 37.0 Å². The maximum absolute atomic E-state index is 12.8. The topological polar surface area (TPSA) is 66.8 Å². The molecule has 6 atom stereocenters. The van der Waals surface area contributed by atoms with E-state index in [4.69, 9.17) is 16.3 Å². The molecule has 6 heteroatoms. The molecule has 1 spiro atoms. The smallest absolute Gasteiger partial charge is 0.326 e. The number of carbonyl (C=O) groups excluding carboxylic acids is 1. The van der Waals surface area contributed by atoms with Gasteiger partial charge in [0.25, 0.3) is 5.91 Å². The van der Waals surface area contributed by atoms with Crippen molar-refractivity contribution in [1.82, 2.24) is 4.90 Å². The number of halogens is 1. The van der Waals surface area contributed by atoms with Crippen LogP contribution in [0.25, 0.3) is 0 Å². The Balaban J connectivity index is 1.16. The lowest BCUT2D eigenvalue weighted by Crippen LogP contribution is -2.68. The van der Waals surface area contributed by atoms with E-state index in [-0.39, 0.29) is 5.91 Å². The van der Waals surface area contributed by atoms with Crippen LogP contribution in [0.15, 0.2) is 18.2 Å². The minimum atomic E-state index is -0.945. The third kappa shape index (κ3) is 2.23. The van der Waals surface area contributed by atoms with Crippen molar-refractivity contribution >= 4 is 23.5 Å². The van der Waals surface area contributed by atoms with Crippen LogP contribution in [0.3, 0.4) is 0 Å². The number of likely N-dealkylation sites (tertiary alicyclic amines) is 1. The largest absolute Gasteiger partial charge is 0.491 e. The van der Waals surface area contributed by atoms with Crippen molar-refractivity contribution in [3.05, 3.63) is 28.8 Å². The number of carboxylic acids is 1. The summed E-state index contributed by atoms with van der Waals surface area (Å²) in [6, 6.07) is 4.38. The van der Waals surface area contributed by atoms with Crippen LogP contribution >= 0.6 is 11.6 Å². The molecule has 1 saturated heterocycles. The van der Waals surface area contributed by atoms with Gasteiger partial charge in [-0.3, -0.25) is 4.79 Å². The molecule has 1 amide bonds. The standard InChI is InChI=1S/C23H26ClNO4/c24-17-7-14(20(26)25-5-1-2-18(25)21(27)28)3-4-19(17)29-12-22-9-13-6-15-8-16(11-22)23(15,22)10-13/h3-4,7,13,15-16,18H,1-2,5-6,8-12H2,(H,27,28)/t13?,15?,16?,18-,22?,23?/m0/s1. The lowest BCUT2D eigenvalue weighted by Gasteiger charge is -2.72. The third-order valence-corrected chi connectivity index (χ3v) is 9.35. The number of amides is 1. The van der Waals surface area contributed by atoms with Gasteiger partial charge in [-0.15, -0.1) is 0 Å². The van der Waals surface area contributed by atoms with Gasteiger partial charge in [0.15, 0.2) is 0 Å². The van der Waals surface area contributed by atoms with Crippen molar-refractivity contribution in [3.63, 3.8) is 0 Å². The van der Waals surface area contributed by atoms with Crippen LogP contribution in [-0.2, 0) is 4.79 Å². The first kappa shape index (κ1) is 18.1. The zero-order valence-corrected chi connectivity index (χ0v) is 17.2. The Labute approximate surface area is 175 Å². The van der Waals surface area contributed by atoms with Crippen LogP contribution in [0.5, 0.6) is 5.75 Å². The molecule has 2 bridgehead atoms. The van der Waals surface area contributed by atoms with E-state index < -0.39 is 12.0 Å². The minimum absolute atomic E-state index is 0.270. The quantitative estimate of drug-likeness (QED) is 0.781. The molecule has 154 valence electrons. The summed E-state index contributed by atoms with van der Waals surface area (Å²) in [4.78, 5) is 25.6. The molecule has 5 aliphatic rings. The number of rotatable bonds is 5. The zero-order chi connectivity index (χ0) is 20.0. The van der Waals surface area contributed by atoms with E-state index in [0.29, 0.717) is 46.6 Å². The number of aliphatic carboxylic acids is 1. The Hall–Kier alpha value is -1.75. The van der Waals surface area contributed by atoms with Gasteiger partial charge in [-0.1, -0.05) is 11.6 Å².